The molecule has 1 aliphatic heterocycles. The number of anilines is 1. The minimum absolute atomic E-state index is 0.00835. The molecule has 1 aromatic heterocycles. The molecule has 1 fully saturated rings. The molecule has 12 nitrogen and oxygen atoms in total. The number of carbonyl (C=O) groups excluding carboxylic acids is 2. The van der Waals surface area contributed by atoms with E-state index in [4.69, 9.17) is 33.2 Å². The summed E-state index contributed by atoms with van der Waals surface area (Å²) < 4.78 is 76.5. The maximum absolute atomic E-state index is 13.5. The van der Waals surface area contributed by atoms with Gasteiger partial charge in [-0.1, -0.05) is 24.3 Å². The number of aromatic nitrogens is 1. The number of cyclic esters (lactones) is 1. The van der Waals surface area contributed by atoms with Crippen LogP contribution in [0.4, 0.5) is 28.4 Å². The number of H-pyrrole nitrogens is 1. The number of amides is 1. The number of methoxy groups -OCH3 is 1. The minimum Gasteiger partial charge on any atom is -0.440 e. The Bertz CT molecular complexity index is 1500. The number of ether oxygens (including phenoxy) is 7. The standard InChI is InChI=1S/C30H33F3N2O10/c1-39-8-9-40-10-11-41-12-13-42-14-15-43-29(38)44-19-22-18-35(28(37)45-22)21-7-6-20-16-26(34-27(36)24(20)17-21)23-4-2-3-5-25(23)30(31,32)33/h2-7,16-17,22H,8-15,18-19H2,1H3,(H,34,36)/t22-/m0/s1. The highest BCUT2D eigenvalue weighted by Crippen LogP contribution is 2.36. The molecule has 2 aromatic carbocycles. The highest BCUT2D eigenvalue weighted by Gasteiger charge is 2.35. The van der Waals surface area contributed by atoms with Crippen LogP contribution in [-0.2, 0) is 39.3 Å². The van der Waals surface area contributed by atoms with Gasteiger partial charge in [0.1, 0.15) is 13.2 Å². The van der Waals surface area contributed by atoms with E-state index in [1.807, 2.05) is 0 Å². The fourth-order valence-electron chi connectivity index (χ4n) is 4.42. The molecule has 4 rings (SSSR count). The molecule has 1 aliphatic rings. The summed E-state index contributed by atoms with van der Waals surface area (Å²) in [5, 5.41) is 0.544. The van der Waals surface area contributed by atoms with Crippen LogP contribution >= 0.6 is 0 Å². The number of halogens is 3. The van der Waals surface area contributed by atoms with E-state index in [-0.39, 0.29) is 43.0 Å². The number of nitrogens with zero attached hydrogens (tertiary/aromatic N) is 1. The summed E-state index contributed by atoms with van der Waals surface area (Å²) in [6, 6.07) is 10.9. The van der Waals surface area contributed by atoms with E-state index in [9.17, 15) is 27.6 Å². The lowest BCUT2D eigenvalue weighted by Crippen LogP contribution is -2.27. The third kappa shape index (κ3) is 9.65. The molecule has 1 saturated heterocycles. The van der Waals surface area contributed by atoms with Crippen molar-refractivity contribution in [3.63, 3.8) is 0 Å². The molecule has 244 valence electrons. The van der Waals surface area contributed by atoms with Crippen molar-refractivity contribution in [3.05, 3.63) is 64.4 Å². The van der Waals surface area contributed by atoms with E-state index in [1.54, 1.807) is 13.2 Å². The smallest absolute Gasteiger partial charge is 0.440 e. The van der Waals surface area contributed by atoms with Crippen LogP contribution in [0.3, 0.4) is 0 Å². The lowest BCUT2D eigenvalue weighted by molar-refractivity contribution is -0.137. The van der Waals surface area contributed by atoms with Crippen LogP contribution in [0.15, 0.2) is 53.3 Å². The van der Waals surface area contributed by atoms with Crippen molar-refractivity contribution in [3.8, 4) is 11.3 Å². The van der Waals surface area contributed by atoms with Crippen LogP contribution in [0.1, 0.15) is 5.56 Å². The van der Waals surface area contributed by atoms with Gasteiger partial charge in [0.05, 0.1) is 58.4 Å². The van der Waals surface area contributed by atoms with Gasteiger partial charge in [-0.3, -0.25) is 9.69 Å². The molecule has 0 spiro atoms. The van der Waals surface area contributed by atoms with Crippen LogP contribution < -0.4 is 10.5 Å². The summed E-state index contributed by atoms with van der Waals surface area (Å²) in [4.78, 5) is 41.1. The molecule has 2 heterocycles. The Morgan fingerprint density at radius 3 is 2.27 bits per heavy atom. The summed E-state index contributed by atoms with van der Waals surface area (Å²) in [6.07, 6.45) is -7.09. The second kappa shape index (κ2) is 16.2. The van der Waals surface area contributed by atoms with Gasteiger partial charge in [0.2, 0.25) is 0 Å². The number of rotatable bonds is 16. The Labute approximate surface area is 255 Å². The molecule has 0 aliphatic carbocycles. The van der Waals surface area contributed by atoms with Crippen LogP contribution in [-0.4, -0.2) is 96.5 Å². The number of hydrogen-bond acceptors (Lipinski definition) is 10. The Hall–Kier alpha value is -4.18. The average molecular weight is 639 g/mol. The van der Waals surface area contributed by atoms with Crippen molar-refractivity contribution >= 4 is 28.7 Å². The van der Waals surface area contributed by atoms with Gasteiger partial charge in [-0.05, 0) is 29.7 Å². The summed E-state index contributed by atoms with van der Waals surface area (Å²) in [5.74, 6) is 0. The first-order valence-electron chi connectivity index (χ1n) is 14.0. The van der Waals surface area contributed by atoms with Crippen LogP contribution in [0, 0.1) is 0 Å². The third-order valence-corrected chi connectivity index (χ3v) is 6.55. The van der Waals surface area contributed by atoms with Crippen molar-refractivity contribution in [2.24, 2.45) is 0 Å². The van der Waals surface area contributed by atoms with E-state index in [1.165, 1.54) is 41.3 Å². The van der Waals surface area contributed by atoms with E-state index < -0.39 is 35.7 Å². The number of aromatic amines is 1. The molecule has 0 unspecified atom stereocenters. The van der Waals surface area contributed by atoms with Gasteiger partial charge in [0.15, 0.2) is 6.10 Å². The topological polar surface area (TPSA) is 135 Å². The van der Waals surface area contributed by atoms with Crippen LogP contribution in [0.5, 0.6) is 0 Å². The second-order valence-electron chi connectivity index (χ2n) is 9.68. The Morgan fingerprint density at radius 1 is 0.911 bits per heavy atom. The van der Waals surface area contributed by atoms with Crippen molar-refractivity contribution in [1.29, 1.82) is 0 Å². The predicted octanol–water partition coefficient (Wildman–Crippen LogP) is 4.39. The number of fused-ring (bicyclic) bond motifs is 1. The molecule has 1 N–H and O–H groups in total. The van der Waals surface area contributed by atoms with E-state index in [2.05, 4.69) is 4.98 Å². The van der Waals surface area contributed by atoms with Gasteiger partial charge in [0, 0.05) is 29.4 Å². The fraction of sp³-hybridized carbons (Fsp3) is 0.433. The van der Waals surface area contributed by atoms with Gasteiger partial charge in [-0.15, -0.1) is 0 Å². The molecule has 1 atom stereocenters. The zero-order valence-corrected chi connectivity index (χ0v) is 24.4. The summed E-state index contributed by atoms with van der Waals surface area (Å²) in [7, 11) is 1.59. The first-order chi connectivity index (χ1) is 21.7. The molecule has 3 aromatic rings. The average Bonchev–Trinajstić information content (AvgIpc) is 3.40. The first kappa shape index (κ1) is 33.7. The van der Waals surface area contributed by atoms with E-state index >= 15 is 0 Å². The lowest BCUT2D eigenvalue weighted by atomic mass is 10.0. The quantitative estimate of drug-likeness (QED) is 0.178. The number of benzene rings is 2. The molecule has 0 radical (unpaired) electrons. The van der Waals surface area contributed by atoms with E-state index in [0.29, 0.717) is 50.7 Å². The van der Waals surface area contributed by atoms with Crippen LogP contribution in [0.2, 0.25) is 0 Å². The summed E-state index contributed by atoms with van der Waals surface area (Å²) in [6.45, 7) is 2.37. The molecular formula is C30H33F3N2O10. The Morgan fingerprint density at radius 2 is 1.58 bits per heavy atom. The highest BCUT2D eigenvalue weighted by molar-refractivity contribution is 5.94. The minimum atomic E-state index is -4.61. The summed E-state index contributed by atoms with van der Waals surface area (Å²) in [5.41, 5.74) is -1.33. The number of nitrogens with one attached hydrogen (secondary N) is 1. The van der Waals surface area contributed by atoms with Gasteiger partial charge in [0.25, 0.3) is 5.56 Å². The SMILES string of the molecule is COCCOCCOCCOCCOC(=O)OC[C@@H]1CN(c2ccc3cc(-c4ccccc4C(F)(F)F)[nH]c(=O)c3c2)C(=O)O1. The molecule has 15 heteroatoms. The summed E-state index contributed by atoms with van der Waals surface area (Å²) >= 11 is 0. The zero-order valence-electron chi connectivity index (χ0n) is 24.4. The molecule has 0 bridgehead atoms. The normalized spacial score (nSPS) is 15.0. The van der Waals surface area contributed by atoms with Gasteiger partial charge >= 0.3 is 18.4 Å². The van der Waals surface area contributed by atoms with Crippen molar-refractivity contribution < 1.29 is 55.9 Å². The monoisotopic (exact) mass is 638 g/mol. The van der Waals surface area contributed by atoms with Gasteiger partial charge < -0.3 is 38.1 Å². The molecule has 1 amide bonds. The van der Waals surface area contributed by atoms with Gasteiger partial charge in [-0.25, -0.2) is 9.59 Å². The number of hydrogen-bond donors (Lipinski definition) is 1. The highest BCUT2D eigenvalue weighted by atomic mass is 19.4. The number of pyridine rings is 1. The molecular weight excluding hydrogens is 605 g/mol. The molecule has 45 heavy (non-hydrogen) atoms. The maximum Gasteiger partial charge on any atom is 0.508 e. The Balaban J connectivity index is 1.22. The van der Waals surface area contributed by atoms with Crippen LogP contribution in [0.25, 0.3) is 22.0 Å². The van der Waals surface area contributed by atoms with Crippen molar-refractivity contribution in [1.82, 2.24) is 4.98 Å². The van der Waals surface area contributed by atoms with Crippen molar-refractivity contribution in [2.75, 3.05) is 78.0 Å². The predicted molar refractivity (Wildman–Crippen MR) is 154 cm³/mol. The van der Waals surface area contributed by atoms with Gasteiger partial charge in [-0.2, -0.15) is 13.2 Å². The second-order valence-corrected chi connectivity index (χ2v) is 9.68. The number of alkyl halides is 3. The largest absolute Gasteiger partial charge is 0.508 e. The van der Waals surface area contributed by atoms with E-state index in [0.717, 1.165) is 6.07 Å². The molecule has 0 saturated carbocycles. The van der Waals surface area contributed by atoms with Crippen molar-refractivity contribution in [2.45, 2.75) is 12.3 Å². The fourth-order valence-corrected chi connectivity index (χ4v) is 4.42. The third-order valence-electron chi connectivity index (χ3n) is 6.55. The first-order valence-corrected chi connectivity index (χ1v) is 14.0. The Kier molecular flexibility index (Phi) is 12.2. The number of carbonyl (C=O) groups is 2. The maximum atomic E-state index is 13.5. The zero-order chi connectivity index (χ0) is 32.2. The lowest BCUT2D eigenvalue weighted by Gasteiger charge is -2.15.